The fourth-order valence-corrected chi connectivity index (χ4v) is 3.88. The zero-order valence-corrected chi connectivity index (χ0v) is 19.3. The number of rotatable bonds is 14. The highest BCUT2D eigenvalue weighted by Gasteiger charge is 2.38. The number of amides is 5. The van der Waals surface area contributed by atoms with Crippen LogP contribution in [0.3, 0.4) is 0 Å². The molecular formula is C19H32N6O7S. The van der Waals surface area contributed by atoms with Gasteiger partial charge < -0.3 is 37.8 Å². The molecule has 1 saturated heterocycles. The van der Waals surface area contributed by atoms with Crippen LogP contribution in [0.25, 0.3) is 0 Å². The Morgan fingerprint density at radius 3 is 2.27 bits per heavy atom. The Labute approximate surface area is 195 Å². The van der Waals surface area contributed by atoms with Crippen molar-refractivity contribution in [2.75, 3.05) is 18.6 Å². The zero-order valence-electron chi connectivity index (χ0n) is 18.5. The smallest absolute Gasteiger partial charge is 0.326 e. The van der Waals surface area contributed by atoms with Crippen molar-refractivity contribution in [3.8, 4) is 0 Å². The minimum atomic E-state index is -1.24. The first-order chi connectivity index (χ1) is 15.5. The molecule has 13 nitrogen and oxygen atoms in total. The number of nitrogens with zero attached hydrogens (tertiary/aromatic N) is 1. The number of carbonyl (C=O) groups is 6. The lowest BCUT2D eigenvalue weighted by molar-refractivity contribution is -0.143. The highest BCUT2D eigenvalue weighted by molar-refractivity contribution is 7.98. The summed E-state index contributed by atoms with van der Waals surface area (Å²) in [6.45, 7) is 0.233. The fraction of sp³-hybridized carbons (Fsp3) is 0.684. The summed E-state index contributed by atoms with van der Waals surface area (Å²) in [5.74, 6) is -4.25. The number of primary amides is 2. The van der Waals surface area contributed by atoms with Gasteiger partial charge in [0.1, 0.15) is 18.1 Å². The maximum atomic E-state index is 12.9. The summed E-state index contributed by atoms with van der Waals surface area (Å²) < 4.78 is 0. The van der Waals surface area contributed by atoms with Crippen molar-refractivity contribution in [3.05, 3.63) is 0 Å². The number of thioether (sulfide) groups is 1. The minimum absolute atomic E-state index is 0.149. The van der Waals surface area contributed by atoms with E-state index in [-0.39, 0.29) is 32.2 Å². The Hall–Kier alpha value is -2.87. The van der Waals surface area contributed by atoms with Gasteiger partial charge in [-0.25, -0.2) is 4.79 Å². The Bertz CT molecular complexity index is 765. The monoisotopic (exact) mass is 488 g/mol. The molecule has 1 heterocycles. The summed E-state index contributed by atoms with van der Waals surface area (Å²) in [6, 6.07) is -4.54. The van der Waals surface area contributed by atoms with E-state index < -0.39 is 59.7 Å². The average molecular weight is 489 g/mol. The summed E-state index contributed by atoms with van der Waals surface area (Å²) in [7, 11) is 0. The van der Waals surface area contributed by atoms with Crippen molar-refractivity contribution in [1.29, 1.82) is 0 Å². The van der Waals surface area contributed by atoms with Crippen LogP contribution in [0.1, 0.15) is 38.5 Å². The third-order valence-corrected chi connectivity index (χ3v) is 5.76. The van der Waals surface area contributed by atoms with E-state index in [9.17, 15) is 33.9 Å². The van der Waals surface area contributed by atoms with Gasteiger partial charge in [0.05, 0.1) is 12.5 Å². The molecular weight excluding hydrogens is 456 g/mol. The van der Waals surface area contributed by atoms with Crippen LogP contribution in [-0.4, -0.2) is 88.2 Å². The molecule has 0 saturated carbocycles. The van der Waals surface area contributed by atoms with Crippen LogP contribution in [0.5, 0.6) is 0 Å². The second-order valence-electron chi connectivity index (χ2n) is 7.71. The van der Waals surface area contributed by atoms with Gasteiger partial charge in [-0.1, -0.05) is 0 Å². The molecule has 0 aromatic rings. The summed E-state index contributed by atoms with van der Waals surface area (Å²) in [4.78, 5) is 73.1. The van der Waals surface area contributed by atoms with E-state index >= 15 is 0 Å². The molecule has 0 aliphatic carbocycles. The first kappa shape index (κ1) is 28.2. The predicted octanol–water partition coefficient (Wildman–Crippen LogP) is -2.75. The van der Waals surface area contributed by atoms with Gasteiger partial charge in [-0.15, -0.1) is 0 Å². The number of carbonyl (C=O) groups excluding carboxylic acids is 5. The molecule has 1 aliphatic heterocycles. The number of hydrogen-bond donors (Lipinski definition) is 6. The standard InChI is InChI=1S/C19H32N6O7S/c1-33-8-6-12(19(31)32)24-16(28)11(4-5-14(21)26)23-17(29)13-3-2-7-25(13)18(30)10(20)9-15(22)27/h10-13H,2-9,20H2,1H3,(H2,21,26)(H2,22,27)(H,23,29)(H,24,28)(H,31,32). The van der Waals surface area contributed by atoms with E-state index in [1.165, 1.54) is 16.7 Å². The van der Waals surface area contributed by atoms with Crippen molar-refractivity contribution in [3.63, 3.8) is 0 Å². The largest absolute Gasteiger partial charge is 0.480 e. The lowest BCUT2D eigenvalue weighted by Crippen LogP contribution is -2.57. The maximum absolute atomic E-state index is 12.9. The molecule has 0 radical (unpaired) electrons. The average Bonchev–Trinajstić information content (AvgIpc) is 3.22. The van der Waals surface area contributed by atoms with Crippen LogP contribution >= 0.6 is 11.8 Å². The Morgan fingerprint density at radius 1 is 1.06 bits per heavy atom. The van der Waals surface area contributed by atoms with Crippen molar-refractivity contribution in [2.45, 2.75) is 62.7 Å². The van der Waals surface area contributed by atoms with Gasteiger partial charge in [0.25, 0.3) is 0 Å². The van der Waals surface area contributed by atoms with E-state index in [0.29, 0.717) is 18.6 Å². The van der Waals surface area contributed by atoms with Gasteiger partial charge in [0, 0.05) is 13.0 Å². The molecule has 186 valence electrons. The quantitative estimate of drug-likeness (QED) is 0.149. The van der Waals surface area contributed by atoms with Gasteiger partial charge in [-0.2, -0.15) is 11.8 Å². The molecule has 0 spiro atoms. The Kier molecular flexibility index (Phi) is 11.6. The van der Waals surface area contributed by atoms with Gasteiger partial charge in [0.2, 0.25) is 29.5 Å². The highest BCUT2D eigenvalue weighted by Crippen LogP contribution is 2.19. The molecule has 0 aromatic heterocycles. The molecule has 5 amide bonds. The summed E-state index contributed by atoms with van der Waals surface area (Å²) in [5.41, 5.74) is 16.0. The van der Waals surface area contributed by atoms with Crippen LogP contribution < -0.4 is 27.8 Å². The third-order valence-electron chi connectivity index (χ3n) is 5.11. The number of aliphatic carboxylic acids is 1. The number of likely N-dealkylation sites (tertiary alicyclic amines) is 1. The Balaban J connectivity index is 2.93. The van der Waals surface area contributed by atoms with Crippen molar-refractivity contribution in [1.82, 2.24) is 15.5 Å². The normalized spacial score (nSPS) is 18.1. The summed E-state index contributed by atoms with van der Waals surface area (Å²) in [6.07, 6.45) is 2.01. The molecule has 14 heteroatoms. The lowest BCUT2D eigenvalue weighted by atomic mass is 10.1. The van der Waals surface area contributed by atoms with Gasteiger partial charge in [-0.3, -0.25) is 24.0 Å². The lowest BCUT2D eigenvalue weighted by Gasteiger charge is -2.28. The maximum Gasteiger partial charge on any atom is 0.326 e. The van der Waals surface area contributed by atoms with E-state index in [1.807, 2.05) is 0 Å². The fourth-order valence-electron chi connectivity index (χ4n) is 3.41. The van der Waals surface area contributed by atoms with E-state index in [2.05, 4.69) is 10.6 Å². The molecule has 0 bridgehead atoms. The van der Waals surface area contributed by atoms with Crippen LogP contribution in [0.4, 0.5) is 0 Å². The molecule has 4 unspecified atom stereocenters. The number of hydrogen-bond acceptors (Lipinski definition) is 8. The second-order valence-corrected chi connectivity index (χ2v) is 8.70. The van der Waals surface area contributed by atoms with Gasteiger partial charge >= 0.3 is 5.97 Å². The molecule has 33 heavy (non-hydrogen) atoms. The van der Waals surface area contributed by atoms with Crippen molar-refractivity contribution in [2.24, 2.45) is 17.2 Å². The predicted molar refractivity (Wildman–Crippen MR) is 119 cm³/mol. The van der Waals surface area contributed by atoms with E-state index in [4.69, 9.17) is 17.2 Å². The van der Waals surface area contributed by atoms with Crippen LogP contribution in [0.15, 0.2) is 0 Å². The topological polar surface area (TPSA) is 228 Å². The summed E-state index contributed by atoms with van der Waals surface area (Å²) in [5, 5.41) is 14.2. The highest BCUT2D eigenvalue weighted by atomic mass is 32.2. The number of nitrogens with two attached hydrogens (primary N) is 3. The first-order valence-corrected chi connectivity index (χ1v) is 11.8. The molecule has 9 N–H and O–H groups in total. The second kappa shape index (κ2) is 13.6. The number of carboxylic acids is 1. The SMILES string of the molecule is CSCCC(NC(=O)C(CCC(N)=O)NC(=O)C1CCCN1C(=O)C(N)CC(N)=O)C(=O)O. The Morgan fingerprint density at radius 2 is 1.73 bits per heavy atom. The van der Waals surface area contributed by atoms with Crippen LogP contribution in [0.2, 0.25) is 0 Å². The van der Waals surface area contributed by atoms with Crippen molar-refractivity contribution >= 4 is 47.3 Å². The molecule has 1 rings (SSSR count). The van der Waals surface area contributed by atoms with Gasteiger partial charge in [0.15, 0.2) is 0 Å². The molecule has 1 aliphatic rings. The first-order valence-electron chi connectivity index (χ1n) is 10.4. The van der Waals surface area contributed by atoms with E-state index in [1.54, 1.807) is 6.26 Å². The molecule has 4 atom stereocenters. The van der Waals surface area contributed by atoms with Crippen LogP contribution in [0, 0.1) is 0 Å². The van der Waals surface area contributed by atoms with E-state index in [0.717, 1.165) is 0 Å². The van der Waals surface area contributed by atoms with Gasteiger partial charge in [-0.05, 0) is 37.7 Å². The third kappa shape index (κ3) is 9.26. The van der Waals surface area contributed by atoms with Crippen LogP contribution in [-0.2, 0) is 28.8 Å². The minimum Gasteiger partial charge on any atom is -0.480 e. The zero-order chi connectivity index (χ0) is 25.1. The van der Waals surface area contributed by atoms with Crippen molar-refractivity contribution < 1.29 is 33.9 Å². The molecule has 0 aromatic carbocycles. The molecule has 1 fully saturated rings. The summed E-state index contributed by atoms with van der Waals surface area (Å²) >= 11 is 1.41. The number of carboxylic acid groups (broad SMARTS) is 1. The number of nitrogens with one attached hydrogen (secondary N) is 2.